The van der Waals surface area contributed by atoms with Crippen LogP contribution in [-0.2, 0) is 0 Å². The number of rotatable bonds is 1. The molecule has 0 aromatic heterocycles. The third kappa shape index (κ3) is 1.81. The number of aryl methyl sites for hydroxylation is 1. The lowest BCUT2D eigenvalue weighted by Crippen LogP contribution is -2.36. The van der Waals surface area contributed by atoms with Gasteiger partial charge in [-0.1, -0.05) is 17.7 Å². The number of benzene rings is 1. The first-order valence-electron chi connectivity index (χ1n) is 4.62. The van der Waals surface area contributed by atoms with Crippen molar-refractivity contribution in [2.75, 3.05) is 4.90 Å². The molecular weight excluding hydrogens is 212 g/mol. The van der Waals surface area contributed by atoms with Gasteiger partial charge in [-0.2, -0.15) is 0 Å². The molecule has 0 bridgehead atoms. The molecule has 15 heavy (non-hydrogen) atoms. The number of anilines is 1. The van der Waals surface area contributed by atoms with Crippen molar-refractivity contribution in [1.82, 2.24) is 5.32 Å². The zero-order valence-electron chi connectivity index (χ0n) is 8.21. The molecule has 1 heterocycles. The number of aliphatic hydroxyl groups excluding tert-OH is 2. The lowest BCUT2D eigenvalue weighted by molar-refractivity contribution is 0.0332. The number of aliphatic hydroxyl groups is 2. The summed E-state index contributed by atoms with van der Waals surface area (Å²) in [5.41, 5.74) is 1.90. The van der Waals surface area contributed by atoms with Crippen LogP contribution in [0, 0.1) is 6.92 Å². The van der Waals surface area contributed by atoms with Gasteiger partial charge >= 0.3 is 0 Å². The Morgan fingerprint density at radius 3 is 2.33 bits per heavy atom. The predicted octanol–water partition coefficient (Wildman–Crippen LogP) is 0.326. The number of nitrogens with one attached hydrogen (secondary N) is 1. The van der Waals surface area contributed by atoms with Crippen LogP contribution in [0.5, 0.6) is 0 Å². The van der Waals surface area contributed by atoms with Crippen LogP contribution in [0.1, 0.15) is 5.56 Å². The predicted molar refractivity (Wildman–Crippen MR) is 61.4 cm³/mol. The van der Waals surface area contributed by atoms with E-state index in [0.29, 0.717) is 5.11 Å². The van der Waals surface area contributed by atoms with E-state index in [0.717, 1.165) is 11.3 Å². The van der Waals surface area contributed by atoms with Gasteiger partial charge in [0.15, 0.2) is 17.6 Å². The van der Waals surface area contributed by atoms with Gasteiger partial charge in [-0.15, -0.1) is 0 Å². The summed E-state index contributed by atoms with van der Waals surface area (Å²) in [6.45, 7) is 1.98. The Morgan fingerprint density at radius 2 is 1.87 bits per heavy atom. The summed E-state index contributed by atoms with van der Waals surface area (Å²) < 4.78 is 0. The molecule has 1 aliphatic rings. The van der Waals surface area contributed by atoms with Crippen LogP contribution in [0.2, 0.25) is 0 Å². The molecule has 3 N–H and O–H groups in total. The number of thiocarbonyl (C=S) groups is 1. The van der Waals surface area contributed by atoms with Crippen molar-refractivity contribution in [2.24, 2.45) is 0 Å². The van der Waals surface area contributed by atoms with E-state index in [1.807, 2.05) is 31.2 Å². The van der Waals surface area contributed by atoms with Crippen molar-refractivity contribution in [3.8, 4) is 0 Å². The largest absolute Gasteiger partial charge is 0.369 e. The van der Waals surface area contributed by atoms with E-state index in [2.05, 4.69) is 5.32 Å². The summed E-state index contributed by atoms with van der Waals surface area (Å²) in [7, 11) is 0. The molecule has 1 fully saturated rings. The second kappa shape index (κ2) is 3.77. The molecule has 0 amide bonds. The Balaban J connectivity index is 2.30. The summed E-state index contributed by atoms with van der Waals surface area (Å²) in [6, 6.07) is 7.56. The van der Waals surface area contributed by atoms with E-state index in [-0.39, 0.29) is 0 Å². The van der Waals surface area contributed by atoms with Gasteiger partial charge < -0.3 is 15.5 Å². The number of hydrogen-bond acceptors (Lipinski definition) is 3. The highest BCUT2D eigenvalue weighted by Gasteiger charge is 2.34. The quantitative estimate of drug-likeness (QED) is 0.600. The normalized spacial score (nSPS) is 25.5. The Labute approximate surface area is 93.1 Å². The average Bonchev–Trinajstić information content (AvgIpc) is 2.44. The summed E-state index contributed by atoms with van der Waals surface area (Å²) in [6.07, 6.45) is -2.06. The van der Waals surface area contributed by atoms with Crippen LogP contribution in [0.15, 0.2) is 24.3 Å². The molecule has 2 atom stereocenters. The molecule has 0 spiro atoms. The lowest BCUT2D eigenvalue weighted by Gasteiger charge is -2.21. The highest BCUT2D eigenvalue weighted by Crippen LogP contribution is 2.21. The average molecular weight is 224 g/mol. The third-order valence-electron chi connectivity index (χ3n) is 2.35. The van der Waals surface area contributed by atoms with Gasteiger partial charge in [0.2, 0.25) is 0 Å². The molecule has 1 aromatic carbocycles. The molecule has 1 saturated heterocycles. The van der Waals surface area contributed by atoms with Gasteiger partial charge in [-0.3, -0.25) is 4.90 Å². The van der Waals surface area contributed by atoms with Crippen molar-refractivity contribution in [2.45, 2.75) is 19.4 Å². The Hall–Kier alpha value is -1.17. The van der Waals surface area contributed by atoms with E-state index < -0.39 is 12.5 Å². The summed E-state index contributed by atoms with van der Waals surface area (Å²) in [5.74, 6) is 0. The molecular formula is C10H12N2O2S. The van der Waals surface area contributed by atoms with E-state index in [1.165, 1.54) is 4.90 Å². The fourth-order valence-corrected chi connectivity index (χ4v) is 1.84. The zero-order chi connectivity index (χ0) is 11.0. The summed E-state index contributed by atoms with van der Waals surface area (Å²) >= 11 is 5.00. The van der Waals surface area contributed by atoms with Crippen molar-refractivity contribution < 1.29 is 10.2 Å². The van der Waals surface area contributed by atoms with Crippen LogP contribution in [0.4, 0.5) is 5.69 Å². The fraction of sp³-hybridized carbons (Fsp3) is 0.300. The van der Waals surface area contributed by atoms with Crippen molar-refractivity contribution >= 4 is 23.0 Å². The second-order valence-corrected chi connectivity index (χ2v) is 3.90. The first kappa shape index (κ1) is 10.4. The molecule has 1 aromatic rings. The molecule has 0 saturated carbocycles. The van der Waals surface area contributed by atoms with E-state index in [4.69, 9.17) is 12.2 Å². The molecule has 4 nitrogen and oxygen atoms in total. The molecule has 80 valence electrons. The minimum atomic E-state index is -1.03. The first-order chi connectivity index (χ1) is 7.09. The van der Waals surface area contributed by atoms with Gasteiger partial charge in [-0.05, 0) is 31.3 Å². The maximum Gasteiger partial charge on any atom is 0.178 e. The smallest absolute Gasteiger partial charge is 0.178 e. The van der Waals surface area contributed by atoms with Gasteiger partial charge in [0.25, 0.3) is 0 Å². The Morgan fingerprint density at radius 1 is 1.27 bits per heavy atom. The van der Waals surface area contributed by atoms with E-state index in [9.17, 15) is 10.2 Å². The zero-order valence-corrected chi connectivity index (χ0v) is 9.03. The van der Waals surface area contributed by atoms with Gasteiger partial charge in [-0.25, -0.2) is 0 Å². The maximum atomic E-state index is 9.68. The Kier molecular flexibility index (Phi) is 2.60. The molecule has 0 unspecified atom stereocenters. The first-order valence-corrected chi connectivity index (χ1v) is 5.03. The highest BCUT2D eigenvalue weighted by atomic mass is 32.1. The van der Waals surface area contributed by atoms with Gasteiger partial charge in [0, 0.05) is 5.69 Å². The number of nitrogens with zero attached hydrogens (tertiary/aromatic N) is 1. The summed E-state index contributed by atoms with van der Waals surface area (Å²) in [5, 5.41) is 22.0. The molecule has 1 aliphatic heterocycles. The minimum absolute atomic E-state index is 0.332. The van der Waals surface area contributed by atoms with Gasteiger partial charge in [0.05, 0.1) is 0 Å². The van der Waals surface area contributed by atoms with Crippen LogP contribution in [0.3, 0.4) is 0 Å². The van der Waals surface area contributed by atoms with Gasteiger partial charge in [0.1, 0.15) is 0 Å². The SMILES string of the molecule is Cc1ccc(N2C(=S)N[C@H](O)[C@H]2O)cc1. The van der Waals surface area contributed by atoms with Crippen LogP contribution in [0.25, 0.3) is 0 Å². The standard InChI is InChI=1S/C10H12N2O2S/c1-6-2-4-7(5-3-6)12-9(14)8(13)11-10(12)15/h2-5,8-9,13-14H,1H3,(H,11,15)/t8-,9-/m1/s1. The van der Waals surface area contributed by atoms with Crippen LogP contribution < -0.4 is 10.2 Å². The molecule has 0 aliphatic carbocycles. The topological polar surface area (TPSA) is 55.7 Å². The molecule has 5 heteroatoms. The maximum absolute atomic E-state index is 9.68. The molecule has 2 rings (SSSR count). The highest BCUT2D eigenvalue weighted by molar-refractivity contribution is 7.80. The second-order valence-electron chi connectivity index (χ2n) is 3.51. The van der Waals surface area contributed by atoms with E-state index >= 15 is 0 Å². The van der Waals surface area contributed by atoms with Crippen molar-refractivity contribution in [1.29, 1.82) is 0 Å². The minimum Gasteiger partial charge on any atom is -0.369 e. The fourth-order valence-electron chi connectivity index (χ4n) is 1.51. The van der Waals surface area contributed by atoms with Crippen LogP contribution >= 0.6 is 12.2 Å². The third-order valence-corrected chi connectivity index (χ3v) is 2.66. The van der Waals surface area contributed by atoms with E-state index in [1.54, 1.807) is 0 Å². The van der Waals surface area contributed by atoms with Crippen LogP contribution in [-0.4, -0.2) is 27.8 Å². The monoisotopic (exact) mass is 224 g/mol. The van der Waals surface area contributed by atoms with Crippen molar-refractivity contribution in [3.05, 3.63) is 29.8 Å². The molecule has 0 radical (unpaired) electrons. The summed E-state index contributed by atoms with van der Waals surface area (Å²) in [4.78, 5) is 1.49. The van der Waals surface area contributed by atoms with Crippen molar-refractivity contribution in [3.63, 3.8) is 0 Å². The Bertz CT molecular complexity index is 380. The lowest BCUT2D eigenvalue weighted by atomic mass is 10.2. The number of hydrogen-bond donors (Lipinski definition) is 3.